The standard InChI is InChI=1S/C6H11N5O/c1-10(2)3-6(12)9-11-4-7-8-5-11/h4-5H,3H2,1-2H3,(H,9,12). The van der Waals surface area contributed by atoms with Crippen LogP contribution in [0.4, 0.5) is 0 Å². The van der Waals surface area contributed by atoms with Crippen molar-refractivity contribution in [3.8, 4) is 0 Å². The van der Waals surface area contributed by atoms with Gasteiger partial charge in [0.1, 0.15) is 12.7 Å². The van der Waals surface area contributed by atoms with Crippen molar-refractivity contribution in [1.82, 2.24) is 19.8 Å². The highest BCUT2D eigenvalue weighted by Crippen LogP contribution is 1.78. The fourth-order valence-electron chi connectivity index (χ4n) is 0.725. The van der Waals surface area contributed by atoms with E-state index < -0.39 is 0 Å². The molecule has 0 radical (unpaired) electrons. The van der Waals surface area contributed by atoms with E-state index in [2.05, 4.69) is 15.6 Å². The normalized spacial score (nSPS) is 10.2. The highest BCUT2D eigenvalue weighted by Gasteiger charge is 2.01. The second-order valence-corrected chi connectivity index (χ2v) is 2.64. The Bertz CT molecular complexity index is 242. The third-order valence-corrected chi connectivity index (χ3v) is 1.13. The van der Waals surface area contributed by atoms with E-state index in [-0.39, 0.29) is 5.91 Å². The average molecular weight is 169 g/mol. The molecule has 0 aromatic carbocycles. The van der Waals surface area contributed by atoms with E-state index >= 15 is 0 Å². The van der Waals surface area contributed by atoms with Gasteiger partial charge >= 0.3 is 0 Å². The molecule has 6 heteroatoms. The number of rotatable bonds is 3. The molecule has 1 aromatic rings. The molecule has 1 aromatic heterocycles. The number of carbonyl (C=O) groups is 1. The minimum absolute atomic E-state index is 0.0974. The molecule has 0 spiro atoms. The Labute approximate surface area is 70.2 Å². The second kappa shape index (κ2) is 3.82. The van der Waals surface area contributed by atoms with Crippen LogP contribution < -0.4 is 5.43 Å². The Morgan fingerprint density at radius 2 is 2.08 bits per heavy atom. The predicted molar refractivity (Wildman–Crippen MR) is 42.9 cm³/mol. The van der Waals surface area contributed by atoms with E-state index in [0.717, 1.165) is 0 Å². The molecule has 1 N–H and O–H groups in total. The monoisotopic (exact) mass is 169 g/mol. The van der Waals surface area contributed by atoms with Crippen LogP contribution in [-0.2, 0) is 4.79 Å². The van der Waals surface area contributed by atoms with Gasteiger partial charge in [-0.3, -0.25) is 10.2 Å². The Kier molecular flexibility index (Phi) is 2.76. The molecule has 6 nitrogen and oxygen atoms in total. The van der Waals surface area contributed by atoms with Crippen LogP contribution in [0.1, 0.15) is 0 Å². The molecule has 0 fully saturated rings. The number of nitrogens with one attached hydrogen (secondary N) is 1. The first-order valence-electron chi connectivity index (χ1n) is 3.47. The number of hydrogen-bond donors (Lipinski definition) is 1. The molecule has 1 heterocycles. The van der Waals surface area contributed by atoms with Crippen LogP contribution in [0.15, 0.2) is 12.7 Å². The molecule has 0 aliphatic rings. The SMILES string of the molecule is CN(C)CC(=O)Nn1cnnc1. The van der Waals surface area contributed by atoms with Gasteiger partial charge in [-0.2, -0.15) is 0 Å². The van der Waals surface area contributed by atoms with Crippen molar-refractivity contribution >= 4 is 5.91 Å². The van der Waals surface area contributed by atoms with Crippen molar-refractivity contribution in [1.29, 1.82) is 0 Å². The zero-order valence-corrected chi connectivity index (χ0v) is 7.06. The topological polar surface area (TPSA) is 63.1 Å². The zero-order chi connectivity index (χ0) is 8.97. The van der Waals surface area contributed by atoms with Crippen molar-refractivity contribution in [2.24, 2.45) is 0 Å². The molecule has 0 aliphatic heterocycles. The number of likely N-dealkylation sites (N-methyl/N-ethyl adjacent to an activating group) is 1. The summed E-state index contributed by atoms with van der Waals surface area (Å²) in [5.74, 6) is -0.0974. The lowest BCUT2D eigenvalue weighted by Gasteiger charge is -2.09. The molecule has 66 valence electrons. The summed E-state index contributed by atoms with van der Waals surface area (Å²) in [6, 6.07) is 0. The minimum atomic E-state index is -0.0974. The van der Waals surface area contributed by atoms with Gasteiger partial charge in [0.15, 0.2) is 0 Å². The quantitative estimate of drug-likeness (QED) is 0.624. The Balaban J connectivity index is 2.37. The van der Waals surface area contributed by atoms with Crippen LogP contribution in [0.25, 0.3) is 0 Å². The molecule has 1 amide bonds. The lowest BCUT2D eigenvalue weighted by atomic mass is 10.6. The van der Waals surface area contributed by atoms with Crippen LogP contribution >= 0.6 is 0 Å². The summed E-state index contributed by atoms with van der Waals surface area (Å²) < 4.78 is 1.41. The number of nitrogens with zero attached hydrogens (tertiary/aromatic N) is 4. The first kappa shape index (κ1) is 8.66. The summed E-state index contributed by atoms with van der Waals surface area (Å²) >= 11 is 0. The molecule has 0 unspecified atom stereocenters. The number of aromatic nitrogens is 3. The Morgan fingerprint density at radius 3 is 2.58 bits per heavy atom. The summed E-state index contributed by atoms with van der Waals surface area (Å²) in [6.45, 7) is 0.345. The maximum atomic E-state index is 11.1. The molecule has 0 bridgehead atoms. The van der Waals surface area contributed by atoms with Crippen molar-refractivity contribution in [2.75, 3.05) is 26.1 Å². The Morgan fingerprint density at radius 1 is 1.50 bits per heavy atom. The molecule has 0 saturated heterocycles. The number of hydrogen-bond acceptors (Lipinski definition) is 4. The van der Waals surface area contributed by atoms with Gasteiger partial charge in [0, 0.05) is 0 Å². The fraction of sp³-hybridized carbons (Fsp3) is 0.500. The molecule has 0 atom stereocenters. The first-order chi connectivity index (χ1) is 5.68. The molecule has 1 rings (SSSR count). The van der Waals surface area contributed by atoms with Gasteiger partial charge in [-0.1, -0.05) is 0 Å². The summed E-state index contributed by atoms with van der Waals surface area (Å²) in [4.78, 5) is 12.9. The van der Waals surface area contributed by atoms with Crippen LogP contribution in [0.3, 0.4) is 0 Å². The highest BCUT2D eigenvalue weighted by molar-refractivity contribution is 5.85. The molecule has 0 aliphatic carbocycles. The number of carbonyl (C=O) groups excluding carboxylic acids is 1. The van der Waals surface area contributed by atoms with Gasteiger partial charge < -0.3 is 4.90 Å². The van der Waals surface area contributed by atoms with Crippen molar-refractivity contribution in [3.63, 3.8) is 0 Å². The molecule has 12 heavy (non-hydrogen) atoms. The number of amides is 1. The maximum Gasteiger partial charge on any atom is 0.253 e. The van der Waals surface area contributed by atoms with Crippen molar-refractivity contribution in [3.05, 3.63) is 12.7 Å². The average Bonchev–Trinajstić information content (AvgIpc) is 2.37. The first-order valence-corrected chi connectivity index (χ1v) is 3.47. The lowest BCUT2D eigenvalue weighted by Crippen LogP contribution is -2.31. The molecular weight excluding hydrogens is 158 g/mol. The van der Waals surface area contributed by atoms with Crippen LogP contribution in [0.2, 0.25) is 0 Å². The van der Waals surface area contributed by atoms with Gasteiger partial charge in [-0.15, -0.1) is 10.2 Å². The second-order valence-electron chi connectivity index (χ2n) is 2.64. The lowest BCUT2D eigenvalue weighted by molar-refractivity contribution is -0.117. The fourth-order valence-corrected chi connectivity index (χ4v) is 0.725. The van der Waals surface area contributed by atoms with Gasteiger partial charge in [-0.25, -0.2) is 4.68 Å². The largest absolute Gasteiger partial charge is 0.301 e. The van der Waals surface area contributed by atoms with Crippen molar-refractivity contribution < 1.29 is 4.79 Å². The van der Waals surface area contributed by atoms with Crippen LogP contribution in [0, 0.1) is 0 Å². The van der Waals surface area contributed by atoms with Gasteiger partial charge in [0.25, 0.3) is 5.91 Å². The minimum Gasteiger partial charge on any atom is -0.301 e. The van der Waals surface area contributed by atoms with Gasteiger partial charge in [0.05, 0.1) is 6.54 Å². The maximum absolute atomic E-state index is 11.1. The van der Waals surface area contributed by atoms with E-state index in [1.165, 1.54) is 17.3 Å². The summed E-state index contributed by atoms with van der Waals surface area (Å²) in [6.07, 6.45) is 2.85. The van der Waals surface area contributed by atoms with Crippen LogP contribution in [0.5, 0.6) is 0 Å². The van der Waals surface area contributed by atoms with Crippen LogP contribution in [-0.4, -0.2) is 46.3 Å². The smallest absolute Gasteiger partial charge is 0.253 e. The van der Waals surface area contributed by atoms with E-state index in [0.29, 0.717) is 6.54 Å². The molecule has 0 saturated carbocycles. The predicted octanol–water partition coefficient (Wildman–Crippen LogP) is -1.09. The summed E-state index contributed by atoms with van der Waals surface area (Å²) in [7, 11) is 3.65. The van der Waals surface area contributed by atoms with E-state index in [1.54, 1.807) is 4.90 Å². The Hall–Kier alpha value is -1.43. The summed E-state index contributed by atoms with van der Waals surface area (Å²) in [5.41, 5.74) is 2.56. The third kappa shape index (κ3) is 2.67. The van der Waals surface area contributed by atoms with Gasteiger partial charge in [-0.05, 0) is 14.1 Å². The zero-order valence-electron chi connectivity index (χ0n) is 7.06. The summed E-state index contributed by atoms with van der Waals surface area (Å²) in [5, 5.41) is 7.08. The molecular formula is C6H11N5O. The highest BCUT2D eigenvalue weighted by atomic mass is 16.2. The van der Waals surface area contributed by atoms with E-state index in [4.69, 9.17) is 0 Å². The van der Waals surface area contributed by atoms with Gasteiger partial charge in [0.2, 0.25) is 0 Å². The van der Waals surface area contributed by atoms with Crippen molar-refractivity contribution in [2.45, 2.75) is 0 Å². The van der Waals surface area contributed by atoms with E-state index in [1.807, 2.05) is 14.1 Å². The third-order valence-electron chi connectivity index (χ3n) is 1.13. The van der Waals surface area contributed by atoms with E-state index in [9.17, 15) is 4.79 Å².